The van der Waals surface area contributed by atoms with E-state index in [2.05, 4.69) is 0 Å². The van der Waals surface area contributed by atoms with Crippen molar-refractivity contribution in [1.29, 1.82) is 0 Å². The lowest BCUT2D eigenvalue weighted by Gasteiger charge is -2.42. The minimum atomic E-state index is -0.704. The summed E-state index contributed by atoms with van der Waals surface area (Å²) in [5.74, 6) is 0.841. The summed E-state index contributed by atoms with van der Waals surface area (Å²) < 4.78 is 5.34. The highest BCUT2D eigenvalue weighted by molar-refractivity contribution is 5.32. The van der Waals surface area contributed by atoms with Crippen LogP contribution in [0.2, 0.25) is 0 Å². The van der Waals surface area contributed by atoms with E-state index in [1.165, 1.54) is 0 Å². The van der Waals surface area contributed by atoms with Crippen molar-refractivity contribution in [3.05, 3.63) is 29.8 Å². The third kappa shape index (κ3) is 1.98. The van der Waals surface area contributed by atoms with Crippen LogP contribution in [0.5, 0.6) is 5.75 Å². The molecule has 1 aliphatic carbocycles. The SMILES string of the molecule is CCOc1ccc(C2(O)CC(N)C2)cc1. The molecular weight excluding hydrogens is 190 g/mol. The molecule has 0 saturated heterocycles. The Morgan fingerprint density at radius 1 is 1.40 bits per heavy atom. The first-order valence-electron chi connectivity index (χ1n) is 5.35. The number of nitrogens with two attached hydrogens (primary N) is 1. The lowest BCUT2D eigenvalue weighted by atomic mass is 9.72. The molecule has 3 heteroatoms. The van der Waals surface area contributed by atoms with Crippen LogP contribution in [-0.4, -0.2) is 17.8 Å². The zero-order valence-electron chi connectivity index (χ0n) is 8.94. The number of aliphatic hydroxyl groups is 1. The molecule has 1 aliphatic rings. The summed E-state index contributed by atoms with van der Waals surface area (Å²) in [6.07, 6.45) is 1.31. The molecule has 0 bridgehead atoms. The van der Waals surface area contributed by atoms with Crippen LogP contribution < -0.4 is 10.5 Å². The van der Waals surface area contributed by atoms with Gasteiger partial charge in [-0.15, -0.1) is 0 Å². The van der Waals surface area contributed by atoms with Crippen molar-refractivity contribution in [1.82, 2.24) is 0 Å². The van der Waals surface area contributed by atoms with Crippen LogP contribution >= 0.6 is 0 Å². The number of benzene rings is 1. The molecule has 3 nitrogen and oxygen atoms in total. The molecular formula is C12H17NO2. The second-order valence-corrected chi connectivity index (χ2v) is 4.16. The van der Waals surface area contributed by atoms with Crippen LogP contribution in [-0.2, 0) is 5.60 Å². The van der Waals surface area contributed by atoms with Gasteiger partial charge in [0.25, 0.3) is 0 Å². The fourth-order valence-electron chi connectivity index (χ4n) is 2.07. The Morgan fingerprint density at radius 2 is 2.00 bits per heavy atom. The smallest absolute Gasteiger partial charge is 0.119 e. The van der Waals surface area contributed by atoms with E-state index >= 15 is 0 Å². The number of rotatable bonds is 3. The molecule has 0 heterocycles. The average Bonchev–Trinajstić information content (AvgIpc) is 2.17. The summed E-state index contributed by atoms with van der Waals surface area (Å²) in [5.41, 5.74) is 5.92. The zero-order chi connectivity index (χ0) is 10.9. The van der Waals surface area contributed by atoms with E-state index < -0.39 is 5.60 Å². The maximum Gasteiger partial charge on any atom is 0.119 e. The van der Waals surface area contributed by atoms with Gasteiger partial charge in [0.15, 0.2) is 0 Å². The van der Waals surface area contributed by atoms with Crippen molar-refractivity contribution in [2.75, 3.05) is 6.61 Å². The van der Waals surface area contributed by atoms with Crippen molar-refractivity contribution < 1.29 is 9.84 Å². The Morgan fingerprint density at radius 3 is 2.47 bits per heavy atom. The highest BCUT2D eigenvalue weighted by Crippen LogP contribution is 2.40. The summed E-state index contributed by atoms with van der Waals surface area (Å²) in [4.78, 5) is 0. The Balaban J connectivity index is 2.10. The molecule has 0 unspecified atom stereocenters. The second-order valence-electron chi connectivity index (χ2n) is 4.16. The molecule has 2 rings (SSSR count). The van der Waals surface area contributed by atoms with Crippen LogP contribution in [0.1, 0.15) is 25.3 Å². The highest BCUT2D eigenvalue weighted by atomic mass is 16.5. The molecule has 0 radical (unpaired) electrons. The molecule has 1 aromatic carbocycles. The van der Waals surface area contributed by atoms with Gasteiger partial charge < -0.3 is 15.6 Å². The fraction of sp³-hybridized carbons (Fsp3) is 0.500. The first-order valence-corrected chi connectivity index (χ1v) is 5.35. The highest BCUT2D eigenvalue weighted by Gasteiger charge is 2.41. The van der Waals surface area contributed by atoms with Crippen LogP contribution in [0, 0.1) is 0 Å². The normalized spacial score (nSPS) is 29.7. The monoisotopic (exact) mass is 207 g/mol. The van der Waals surface area contributed by atoms with E-state index in [-0.39, 0.29) is 6.04 Å². The molecule has 0 spiro atoms. The lowest BCUT2D eigenvalue weighted by molar-refractivity contribution is -0.0523. The minimum absolute atomic E-state index is 0.140. The van der Waals surface area contributed by atoms with Crippen LogP contribution in [0.4, 0.5) is 0 Å². The lowest BCUT2D eigenvalue weighted by Crippen LogP contribution is -2.49. The maximum atomic E-state index is 10.2. The Hall–Kier alpha value is -1.06. The molecule has 0 amide bonds. The molecule has 15 heavy (non-hydrogen) atoms. The minimum Gasteiger partial charge on any atom is -0.494 e. The van der Waals surface area contributed by atoms with Gasteiger partial charge in [-0.25, -0.2) is 0 Å². The predicted molar refractivity (Wildman–Crippen MR) is 58.7 cm³/mol. The predicted octanol–water partition coefficient (Wildman–Crippen LogP) is 1.39. The van der Waals surface area contributed by atoms with Gasteiger partial charge in [-0.2, -0.15) is 0 Å². The van der Waals surface area contributed by atoms with Gasteiger partial charge in [0.1, 0.15) is 5.75 Å². The molecule has 1 fully saturated rings. The summed E-state index contributed by atoms with van der Waals surface area (Å²) in [6.45, 7) is 2.61. The molecule has 0 atom stereocenters. The van der Waals surface area contributed by atoms with Crippen molar-refractivity contribution in [3.63, 3.8) is 0 Å². The van der Waals surface area contributed by atoms with E-state index in [4.69, 9.17) is 10.5 Å². The third-order valence-electron chi connectivity index (χ3n) is 2.90. The van der Waals surface area contributed by atoms with E-state index in [1.807, 2.05) is 31.2 Å². The van der Waals surface area contributed by atoms with Crippen molar-refractivity contribution >= 4 is 0 Å². The third-order valence-corrected chi connectivity index (χ3v) is 2.90. The summed E-state index contributed by atoms with van der Waals surface area (Å²) in [6, 6.07) is 7.75. The maximum absolute atomic E-state index is 10.2. The molecule has 1 saturated carbocycles. The van der Waals surface area contributed by atoms with Crippen molar-refractivity contribution in [3.8, 4) is 5.75 Å². The summed E-state index contributed by atoms with van der Waals surface area (Å²) in [5, 5.41) is 10.2. The van der Waals surface area contributed by atoms with Gasteiger partial charge in [0.05, 0.1) is 12.2 Å². The Bertz CT molecular complexity index is 328. The number of hydrogen-bond acceptors (Lipinski definition) is 3. The Kier molecular flexibility index (Phi) is 2.67. The first kappa shape index (κ1) is 10.5. The topological polar surface area (TPSA) is 55.5 Å². The fourth-order valence-corrected chi connectivity index (χ4v) is 2.07. The largest absolute Gasteiger partial charge is 0.494 e. The van der Waals surface area contributed by atoms with Crippen LogP contribution in [0.15, 0.2) is 24.3 Å². The Labute approximate surface area is 89.9 Å². The molecule has 0 aliphatic heterocycles. The van der Waals surface area contributed by atoms with Gasteiger partial charge >= 0.3 is 0 Å². The van der Waals surface area contributed by atoms with Crippen molar-refractivity contribution in [2.45, 2.75) is 31.4 Å². The van der Waals surface area contributed by atoms with Gasteiger partial charge in [-0.05, 0) is 37.5 Å². The van der Waals surface area contributed by atoms with E-state index in [0.717, 1.165) is 11.3 Å². The molecule has 0 aromatic heterocycles. The van der Waals surface area contributed by atoms with Crippen LogP contribution in [0.3, 0.4) is 0 Å². The standard InChI is InChI=1S/C12H17NO2/c1-2-15-11-5-3-9(4-6-11)12(14)7-10(13)8-12/h3-6,10,14H,2,7-8,13H2,1H3. The summed E-state index contributed by atoms with van der Waals surface area (Å²) in [7, 11) is 0. The van der Waals surface area contributed by atoms with Gasteiger partial charge in [-0.3, -0.25) is 0 Å². The van der Waals surface area contributed by atoms with Gasteiger partial charge in [0.2, 0.25) is 0 Å². The molecule has 82 valence electrons. The first-order chi connectivity index (χ1) is 7.14. The van der Waals surface area contributed by atoms with Crippen molar-refractivity contribution in [2.24, 2.45) is 5.73 Å². The van der Waals surface area contributed by atoms with Gasteiger partial charge in [-0.1, -0.05) is 12.1 Å². The average molecular weight is 207 g/mol. The molecule has 1 aromatic rings. The van der Waals surface area contributed by atoms with E-state index in [0.29, 0.717) is 19.4 Å². The number of hydrogen-bond donors (Lipinski definition) is 2. The second kappa shape index (κ2) is 3.83. The van der Waals surface area contributed by atoms with Crippen LogP contribution in [0.25, 0.3) is 0 Å². The summed E-state index contributed by atoms with van der Waals surface area (Å²) >= 11 is 0. The molecule has 3 N–H and O–H groups in total. The van der Waals surface area contributed by atoms with E-state index in [1.54, 1.807) is 0 Å². The van der Waals surface area contributed by atoms with Gasteiger partial charge in [0, 0.05) is 6.04 Å². The zero-order valence-corrected chi connectivity index (χ0v) is 8.94. The quantitative estimate of drug-likeness (QED) is 0.787. The number of ether oxygens (including phenoxy) is 1. The van der Waals surface area contributed by atoms with E-state index in [9.17, 15) is 5.11 Å².